The number of piperidine rings is 1. The summed E-state index contributed by atoms with van der Waals surface area (Å²) in [6.07, 6.45) is 4.43. The Labute approximate surface area is 175 Å². The largest absolute Gasteiger partial charge is 0.368 e. The normalized spacial score (nSPS) is 17.4. The van der Waals surface area contributed by atoms with Crippen molar-refractivity contribution in [3.05, 3.63) is 83.2 Å². The van der Waals surface area contributed by atoms with Crippen LogP contribution in [0.5, 0.6) is 0 Å². The number of carbonyl (C=O) groups is 1. The molecule has 0 radical (unpaired) electrons. The zero-order chi connectivity index (χ0) is 20.6. The number of benzene rings is 2. The summed E-state index contributed by atoms with van der Waals surface area (Å²) < 4.78 is 8.24. The van der Waals surface area contributed by atoms with Crippen LogP contribution in [-0.2, 0) is 16.8 Å². The van der Waals surface area contributed by atoms with Gasteiger partial charge in [-0.05, 0) is 61.2 Å². The molecule has 1 spiro atoms. The Bertz CT molecular complexity index is 1100. The standard InChI is InChI=1S/C24H22N4O2/c25-16-18-6-8-19(9-7-18)23(29)27-13-11-24(12-14-27)22-20(10-15-30-24)17-28(26-22)21-4-2-1-3-5-21/h1-9,17H,10-15H2. The number of hydrogen-bond acceptors (Lipinski definition) is 4. The van der Waals surface area contributed by atoms with E-state index in [1.54, 1.807) is 24.3 Å². The smallest absolute Gasteiger partial charge is 0.253 e. The van der Waals surface area contributed by atoms with E-state index in [0.717, 1.165) is 30.6 Å². The van der Waals surface area contributed by atoms with Crippen LogP contribution >= 0.6 is 0 Å². The van der Waals surface area contributed by atoms with Gasteiger partial charge in [-0.3, -0.25) is 4.79 Å². The summed E-state index contributed by atoms with van der Waals surface area (Å²) in [5, 5.41) is 13.8. The van der Waals surface area contributed by atoms with Crippen molar-refractivity contribution in [2.45, 2.75) is 24.9 Å². The van der Waals surface area contributed by atoms with Gasteiger partial charge in [-0.15, -0.1) is 0 Å². The van der Waals surface area contributed by atoms with Crippen LogP contribution in [0.4, 0.5) is 0 Å². The van der Waals surface area contributed by atoms with Gasteiger partial charge >= 0.3 is 0 Å². The molecule has 1 saturated heterocycles. The Morgan fingerprint density at radius 1 is 1.07 bits per heavy atom. The minimum atomic E-state index is -0.422. The van der Waals surface area contributed by atoms with Crippen molar-refractivity contribution < 1.29 is 9.53 Å². The van der Waals surface area contributed by atoms with Crippen LogP contribution in [0.2, 0.25) is 0 Å². The molecule has 3 heterocycles. The lowest BCUT2D eigenvalue weighted by Crippen LogP contribution is -2.48. The van der Waals surface area contributed by atoms with Crippen molar-refractivity contribution >= 4 is 5.91 Å². The van der Waals surface area contributed by atoms with Crippen LogP contribution in [0, 0.1) is 11.3 Å². The number of hydrogen-bond donors (Lipinski definition) is 0. The summed E-state index contributed by atoms with van der Waals surface area (Å²) >= 11 is 0. The predicted octanol–water partition coefficient (Wildman–Crippen LogP) is 3.45. The molecule has 0 aliphatic carbocycles. The van der Waals surface area contributed by atoms with Crippen LogP contribution < -0.4 is 0 Å². The molecule has 2 aliphatic rings. The molecule has 30 heavy (non-hydrogen) atoms. The lowest BCUT2D eigenvalue weighted by atomic mass is 9.83. The van der Waals surface area contributed by atoms with Crippen molar-refractivity contribution in [3.63, 3.8) is 0 Å². The number of nitrogens with zero attached hydrogens (tertiary/aromatic N) is 4. The van der Waals surface area contributed by atoms with Gasteiger partial charge in [-0.25, -0.2) is 4.68 Å². The highest BCUT2D eigenvalue weighted by Gasteiger charge is 2.44. The Hall–Kier alpha value is -3.43. The highest BCUT2D eigenvalue weighted by atomic mass is 16.5. The van der Waals surface area contributed by atoms with Crippen LogP contribution in [0.15, 0.2) is 60.8 Å². The molecule has 2 aliphatic heterocycles. The highest BCUT2D eigenvalue weighted by molar-refractivity contribution is 5.94. The number of ether oxygens (including phenoxy) is 1. The number of likely N-dealkylation sites (tertiary alicyclic amines) is 1. The zero-order valence-corrected chi connectivity index (χ0v) is 16.6. The third-order valence-corrected chi connectivity index (χ3v) is 6.11. The summed E-state index contributed by atoms with van der Waals surface area (Å²) in [5.41, 5.74) is 4.04. The number of amides is 1. The maximum Gasteiger partial charge on any atom is 0.253 e. The van der Waals surface area contributed by atoms with E-state index in [-0.39, 0.29) is 5.91 Å². The minimum absolute atomic E-state index is 0.000174. The molecule has 3 aromatic rings. The fraction of sp³-hybridized carbons (Fsp3) is 0.292. The van der Waals surface area contributed by atoms with E-state index in [0.29, 0.717) is 30.8 Å². The molecule has 0 saturated carbocycles. The van der Waals surface area contributed by atoms with Gasteiger partial charge in [-0.2, -0.15) is 10.4 Å². The van der Waals surface area contributed by atoms with E-state index in [2.05, 4.69) is 12.3 Å². The molecule has 1 aromatic heterocycles. The monoisotopic (exact) mass is 398 g/mol. The van der Waals surface area contributed by atoms with Crippen molar-refractivity contribution in [1.29, 1.82) is 5.26 Å². The van der Waals surface area contributed by atoms with Crippen molar-refractivity contribution in [2.75, 3.05) is 19.7 Å². The molecule has 0 unspecified atom stereocenters. The Balaban J connectivity index is 1.35. The molecule has 1 fully saturated rings. The first-order valence-electron chi connectivity index (χ1n) is 10.3. The van der Waals surface area contributed by atoms with Gasteiger partial charge in [0, 0.05) is 24.8 Å². The predicted molar refractivity (Wildman–Crippen MR) is 111 cm³/mol. The Morgan fingerprint density at radius 3 is 2.50 bits per heavy atom. The van der Waals surface area contributed by atoms with Crippen LogP contribution in [0.1, 0.15) is 40.0 Å². The fourth-order valence-corrected chi connectivity index (χ4v) is 4.44. The van der Waals surface area contributed by atoms with Gasteiger partial charge in [0.25, 0.3) is 5.91 Å². The van der Waals surface area contributed by atoms with E-state index < -0.39 is 5.60 Å². The van der Waals surface area contributed by atoms with Gasteiger partial charge < -0.3 is 9.64 Å². The second-order valence-corrected chi connectivity index (χ2v) is 7.86. The van der Waals surface area contributed by atoms with Crippen molar-refractivity contribution in [1.82, 2.24) is 14.7 Å². The third-order valence-electron chi connectivity index (χ3n) is 6.11. The quantitative estimate of drug-likeness (QED) is 0.663. The van der Waals surface area contributed by atoms with E-state index in [4.69, 9.17) is 15.1 Å². The molecule has 0 N–H and O–H groups in total. The first-order chi connectivity index (χ1) is 14.7. The summed E-state index contributed by atoms with van der Waals surface area (Å²) in [6, 6.07) is 19.0. The topological polar surface area (TPSA) is 71.2 Å². The van der Waals surface area contributed by atoms with Gasteiger partial charge in [0.05, 0.1) is 29.6 Å². The van der Waals surface area contributed by atoms with E-state index in [1.165, 1.54) is 5.56 Å². The first kappa shape index (κ1) is 18.6. The molecular weight excluding hydrogens is 376 g/mol. The molecule has 0 atom stereocenters. The Morgan fingerprint density at radius 2 is 1.80 bits per heavy atom. The van der Waals surface area contributed by atoms with Gasteiger partial charge in [0.15, 0.2) is 0 Å². The van der Waals surface area contributed by atoms with Gasteiger partial charge in [0.2, 0.25) is 0 Å². The summed E-state index contributed by atoms with van der Waals surface area (Å²) in [6.45, 7) is 1.92. The molecule has 5 rings (SSSR count). The number of carbonyl (C=O) groups excluding carboxylic acids is 1. The number of aromatic nitrogens is 2. The maximum absolute atomic E-state index is 12.9. The van der Waals surface area contributed by atoms with E-state index >= 15 is 0 Å². The van der Waals surface area contributed by atoms with Crippen molar-refractivity contribution in [3.8, 4) is 11.8 Å². The van der Waals surface area contributed by atoms with Crippen LogP contribution in [-0.4, -0.2) is 40.3 Å². The van der Waals surface area contributed by atoms with Gasteiger partial charge in [-0.1, -0.05) is 18.2 Å². The Kier molecular flexibility index (Phi) is 4.61. The second-order valence-electron chi connectivity index (χ2n) is 7.86. The lowest BCUT2D eigenvalue weighted by Gasteiger charge is -2.43. The van der Waals surface area contributed by atoms with Crippen LogP contribution in [0.3, 0.4) is 0 Å². The average molecular weight is 398 g/mol. The minimum Gasteiger partial charge on any atom is -0.368 e. The fourth-order valence-electron chi connectivity index (χ4n) is 4.44. The van der Waals surface area contributed by atoms with Crippen molar-refractivity contribution in [2.24, 2.45) is 0 Å². The average Bonchev–Trinajstić information content (AvgIpc) is 3.26. The molecule has 150 valence electrons. The second kappa shape index (κ2) is 7.43. The van der Waals surface area contributed by atoms with E-state index in [9.17, 15) is 4.79 Å². The number of rotatable bonds is 2. The highest BCUT2D eigenvalue weighted by Crippen LogP contribution is 2.41. The maximum atomic E-state index is 12.9. The molecule has 6 nitrogen and oxygen atoms in total. The van der Waals surface area contributed by atoms with Gasteiger partial charge in [0.1, 0.15) is 5.60 Å². The van der Waals surface area contributed by atoms with Crippen LogP contribution in [0.25, 0.3) is 5.69 Å². The summed E-state index contributed by atoms with van der Waals surface area (Å²) in [7, 11) is 0. The number of nitriles is 1. The summed E-state index contributed by atoms with van der Waals surface area (Å²) in [4.78, 5) is 14.8. The number of fused-ring (bicyclic) bond motifs is 2. The third kappa shape index (κ3) is 3.17. The molecule has 2 aromatic carbocycles. The first-order valence-corrected chi connectivity index (χ1v) is 10.3. The van der Waals surface area contributed by atoms with E-state index in [1.807, 2.05) is 39.9 Å². The number of para-hydroxylation sites is 1. The molecule has 6 heteroatoms. The SMILES string of the molecule is N#Cc1ccc(C(=O)N2CCC3(CC2)OCCc2cn(-c4ccccc4)nc23)cc1. The molecule has 1 amide bonds. The summed E-state index contributed by atoms with van der Waals surface area (Å²) in [5.74, 6) is 0.000174. The lowest BCUT2D eigenvalue weighted by molar-refractivity contribution is -0.0963. The zero-order valence-electron chi connectivity index (χ0n) is 16.6. The molecular formula is C24H22N4O2. The molecule has 0 bridgehead atoms.